The summed E-state index contributed by atoms with van der Waals surface area (Å²) in [6.07, 6.45) is 0.730. The fraction of sp³-hybridized carbons (Fsp3) is 0.467. The van der Waals surface area contributed by atoms with E-state index in [4.69, 9.17) is 4.74 Å². The first-order chi connectivity index (χ1) is 10.0. The second kappa shape index (κ2) is 8.84. The number of urea groups is 1. The lowest BCUT2D eigenvalue weighted by Crippen LogP contribution is -2.44. The van der Waals surface area contributed by atoms with Crippen molar-refractivity contribution in [2.75, 3.05) is 20.2 Å². The lowest BCUT2D eigenvalue weighted by molar-refractivity contribution is -0.120. The molecule has 6 heteroatoms. The van der Waals surface area contributed by atoms with Crippen molar-refractivity contribution in [1.82, 2.24) is 16.0 Å². The van der Waals surface area contributed by atoms with Crippen LogP contribution >= 0.6 is 0 Å². The molecule has 0 aliphatic heterocycles. The highest BCUT2D eigenvalue weighted by Gasteiger charge is 2.05. The molecular weight excluding hydrogens is 270 g/mol. The van der Waals surface area contributed by atoms with Crippen molar-refractivity contribution in [2.45, 2.75) is 26.3 Å². The molecule has 0 bridgehead atoms. The van der Waals surface area contributed by atoms with Crippen LogP contribution in [0.1, 0.15) is 19.4 Å². The predicted octanol–water partition coefficient (Wildman–Crippen LogP) is 1.06. The van der Waals surface area contributed by atoms with Gasteiger partial charge in [-0.25, -0.2) is 4.79 Å². The third kappa shape index (κ3) is 7.20. The number of carbonyl (C=O) groups is 2. The second-order valence-corrected chi connectivity index (χ2v) is 4.93. The van der Waals surface area contributed by atoms with E-state index in [1.807, 2.05) is 38.1 Å². The molecule has 0 aromatic heterocycles. The third-order valence-corrected chi connectivity index (χ3v) is 2.72. The second-order valence-electron chi connectivity index (χ2n) is 4.93. The molecule has 0 aliphatic carbocycles. The Hall–Kier alpha value is -2.24. The number of carbonyl (C=O) groups excluding carboxylic acids is 2. The van der Waals surface area contributed by atoms with Crippen LogP contribution in [0.3, 0.4) is 0 Å². The van der Waals surface area contributed by atoms with Gasteiger partial charge in [-0.1, -0.05) is 12.1 Å². The molecule has 1 aromatic rings. The van der Waals surface area contributed by atoms with E-state index in [0.29, 0.717) is 6.54 Å². The summed E-state index contributed by atoms with van der Waals surface area (Å²) < 4.78 is 5.08. The van der Waals surface area contributed by atoms with Crippen LogP contribution in [0.5, 0.6) is 5.75 Å². The Kier molecular flexibility index (Phi) is 7.08. The van der Waals surface area contributed by atoms with Gasteiger partial charge in [0.15, 0.2) is 0 Å². The topological polar surface area (TPSA) is 79.5 Å². The van der Waals surface area contributed by atoms with E-state index in [2.05, 4.69) is 16.0 Å². The molecule has 116 valence electrons. The monoisotopic (exact) mass is 293 g/mol. The first-order valence-corrected chi connectivity index (χ1v) is 6.95. The van der Waals surface area contributed by atoms with Crippen molar-refractivity contribution in [3.8, 4) is 5.75 Å². The maximum Gasteiger partial charge on any atom is 0.315 e. The van der Waals surface area contributed by atoms with E-state index in [1.165, 1.54) is 0 Å². The van der Waals surface area contributed by atoms with Crippen molar-refractivity contribution in [1.29, 1.82) is 0 Å². The fourth-order valence-electron chi connectivity index (χ4n) is 1.67. The number of benzene rings is 1. The summed E-state index contributed by atoms with van der Waals surface area (Å²) in [5, 5.41) is 7.90. The molecule has 21 heavy (non-hydrogen) atoms. The largest absolute Gasteiger partial charge is 0.497 e. The number of amides is 3. The summed E-state index contributed by atoms with van der Waals surface area (Å²) in [5.74, 6) is 0.602. The van der Waals surface area contributed by atoms with Crippen molar-refractivity contribution < 1.29 is 14.3 Å². The van der Waals surface area contributed by atoms with Gasteiger partial charge in [-0.15, -0.1) is 0 Å². The number of hydrogen-bond donors (Lipinski definition) is 3. The molecule has 0 spiro atoms. The first-order valence-electron chi connectivity index (χ1n) is 6.95. The van der Waals surface area contributed by atoms with Gasteiger partial charge in [-0.2, -0.15) is 0 Å². The van der Waals surface area contributed by atoms with Gasteiger partial charge in [-0.3, -0.25) is 4.79 Å². The van der Waals surface area contributed by atoms with Crippen LogP contribution in [0.25, 0.3) is 0 Å². The molecule has 3 amide bonds. The van der Waals surface area contributed by atoms with E-state index in [-0.39, 0.29) is 24.5 Å². The van der Waals surface area contributed by atoms with Gasteiger partial charge in [0.1, 0.15) is 5.75 Å². The minimum Gasteiger partial charge on any atom is -0.497 e. The number of hydrogen-bond acceptors (Lipinski definition) is 3. The zero-order chi connectivity index (χ0) is 15.7. The van der Waals surface area contributed by atoms with E-state index < -0.39 is 0 Å². The normalized spacial score (nSPS) is 10.1. The fourth-order valence-corrected chi connectivity index (χ4v) is 1.67. The lowest BCUT2D eigenvalue weighted by atomic mass is 10.1. The Morgan fingerprint density at radius 2 is 1.81 bits per heavy atom. The molecule has 0 heterocycles. The zero-order valence-corrected chi connectivity index (χ0v) is 12.7. The van der Waals surface area contributed by atoms with Gasteiger partial charge >= 0.3 is 6.03 Å². The highest BCUT2D eigenvalue weighted by molar-refractivity contribution is 5.83. The Balaban J connectivity index is 2.19. The van der Waals surface area contributed by atoms with Crippen LogP contribution in [-0.2, 0) is 11.2 Å². The summed E-state index contributed by atoms with van der Waals surface area (Å²) in [4.78, 5) is 22.8. The SMILES string of the molecule is COc1ccc(CCNC(=O)CNC(=O)NC(C)C)cc1. The molecule has 0 saturated carbocycles. The summed E-state index contributed by atoms with van der Waals surface area (Å²) >= 11 is 0. The highest BCUT2D eigenvalue weighted by atomic mass is 16.5. The van der Waals surface area contributed by atoms with Gasteiger partial charge < -0.3 is 20.7 Å². The molecule has 0 saturated heterocycles. The van der Waals surface area contributed by atoms with Crippen LogP contribution in [0, 0.1) is 0 Å². The van der Waals surface area contributed by atoms with Gasteiger partial charge in [0, 0.05) is 12.6 Å². The van der Waals surface area contributed by atoms with Crippen LogP contribution in [0.4, 0.5) is 4.79 Å². The standard InChI is InChI=1S/C15H23N3O3/c1-11(2)18-15(20)17-10-14(19)16-9-8-12-4-6-13(21-3)7-5-12/h4-7,11H,8-10H2,1-3H3,(H,16,19)(H2,17,18,20). The minimum atomic E-state index is -0.338. The van der Waals surface area contributed by atoms with Crippen LogP contribution in [0.2, 0.25) is 0 Å². The van der Waals surface area contributed by atoms with E-state index in [9.17, 15) is 9.59 Å². The van der Waals surface area contributed by atoms with Crippen molar-refractivity contribution >= 4 is 11.9 Å². The molecule has 3 N–H and O–H groups in total. The van der Waals surface area contributed by atoms with Crippen molar-refractivity contribution in [3.05, 3.63) is 29.8 Å². The predicted molar refractivity (Wildman–Crippen MR) is 81.4 cm³/mol. The molecule has 0 fully saturated rings. The van der Waals surface area contributed by atoms with Crippen molar-refractivity contribution in [2.24, 2.45) is 0 Å². The number of ether oxygens (including phenoxy) is 1. The Morgan fingerprint density at radius 3 is 2.38 bits per heavy atom. The molecule has 6 nitrogen and oxygen atoms in total. The summed E-state index contributed by atoms with van der Waals surface area (Å²) in [6.45, 7) is 4.21. The molecule has 0 aliphatic rings. The van der Waals surface area contributed by atoms with E-state index >= 15 is 0 Å². The highest BCUT2D eigenvalue weighted by Crippen LogP contribution is 2.11. The Labute approximate surface area is 125 Å². The quantitative estimate of drug-likeness (QED) is 0.703. The molecule has 0 radical (unpaired) electrons. The average Bonchev–Trinajstić information content (AvgIpc) is 2.45. The van der Waals surface area contributed by atoms with E-state index in [1.54, 1.807) is 7.11 Å². The Morgan fingerprint density at radius 1 is 1.14 bits per heavy atom. The minimum absolute atomic E-state index is 0.0266. The zero-order valence-electron chi connectivity index (χ0n) is 12.7. The van der Waals surface area contributed by atoms with Gasteiger partial charge in [0.25, 0.3) is 0 Å². The van der Waals surface area contributed by atoms with Crippen LogP contribution < -0.4 is 20.7 Å². The smallest absolute Gasteiger partial charge is 0.315 e. The van der Waals surface area contributed by atoms with Gasteiger partial charge in [0.2, 0.25) is 5.91 Å². The molecule has 0 unspecified atom stereocenters. The number of methoxy groups -OCH3 is 1. The van der Waals surface area contributed by atoms with Gasteiger partial charge in [-0.05, 0) is 38.0 Å². The average molecular weight is 293 g/mol. The molecule has 1 rings (SSSR count). The maximum atomic E-state index is 11.6. The molecular formula is C15H23N3O3. The van der Waals surface area contributed by atoms with Crippen LogP contribution in [-0.4, -0.2) is 38.2 Å². The molecule has 0 atom stereocenters. The third-order valence-electron chi connectivity index (χ3n) is 2.72. The van der Waals surface area contributed by atoms with Gasteiger partial charge in [0.05, 0.1) is 13.7 Å². The maximum absolute atomic E-state index is 11.6. The summed E-state index contributed by atoms with van der Waals surface area (Å²) in [5.41, 5.74) is 1.11. The first kappa shape index (κ1) is 16.8. The molecule has 1 aromatic carbocycles. The Bertz CT molecular complexity index is 458. The van der Waals surface area contributed by atoms with Crippen LogP contribution in [0.15, 0.2) is 24.3 Å². The summed E-state index contributed by atoms with van der Waals surface area (Å²) in [6, 6.07) is 7.39. The van der Waals surface area contributed by atoms with Crippen molar-refractivity contribution in [3.63, 3.8) is 0 Å². The van der Waals surface area contributed by atoms with E-state index in [0.717, 1.165) is 17.7 Å². The lowest BCUT2D eigenvalue weighted by Gasteiger charge is -2.10. The summed E-state index contributed by atoms with van der Waals surface area (Å²) in [7, 11) is 1.62. The number of rotatable bonds is 7. The number of nitrogens with one attached hydrogen (secondary N) is 3.